The average molecular weight is 538 g/mol. The molecule has 2 aromatic heterocycles. The third kappa shape index (κ3) is 7.57. The first-order valence-electron chi connectivity index (χ1n) is 10.2. The zero-order valence-corrected chi connectivity index (χ0v) is 20.6. The average Bonchev–Trinajstić information content (AvgIpc) is 3.43. The van der Waals surface area contributed by atoms with E-state index in [1.165, 1.54) is 11.1 Å². The molecule has 1 aromatic carbocycles. The van der Waals surface area contributed by atoms with Gasteiger partial charge >= 0.3 is 0 Å². The Morgan fingerprint density at radius 2 is 2.06 bits per heavy atom. The number of benzene rings is 1. The van der Waals surface area contributed by atoms with Crippen molar-refractivity contribution in [2.45, 2.75) is 39.8 Å². The van der Waals surface area contributed by atoms with Gasteiger partial charge in [-0.05, 0) is 37.1 Å². The number of hydrogen-bond donors (Lipinski definition) is 2. The van der Waals surface area contributed by atoms with E-state index in [-0.39, 0.29) is 24.0 Å². The maximum atomic E-state index is 5.48. The molecule has 0 atom stereocenters. The summed E-state index contributed by atoms with van der Waals surface area (Å²) >= 11 is 0. The van der Waals surface area contributed by atoms with E-state index in [4.69, 9.17) is 9.15 Å². The molecule has 0 aliphatic rings. The van der Waals surface area contributed by atoms with Gasteiger partial charge in [-0.1, -0.05) is 24.6 Å². The topological polar surface area (TPSA) is 89.5 Å². The van der Waals surface area contributed by atoms with Gasteiger partial charge in [-0.2, -0.15) is 0 Å². The van der Waals surface area contributed by atoms with Crippen LogP contribution in [-0.2, 0) is 25.9 Å². The fourth-order valence-electron chi connectivity index (χ4n) is 3.19. The van der Waals surface area contributed by atoms with Crippen molar-refractivity contribution in [1.82, 2.24) is 25.4 Å². The molecule has 0 spiro atoms. The smallest absolute Gasteiger partial charge is 0.191 e. The molecule has 0 saturated heterocycles. The molecule has 0 saturated carbocycles. The molecule has 8 nitrogen and oxygen atoms in total. The predicted molar refractivity (Wildman–Crippen MR) is 132 cm³/mol. The van der Waals surface area contributed by atoms with E-state index in [9.17, 15) is 0 Å². The molecule has 0 unspecified atom stereocenters. The number of hydrogen-bond acceptors (Lipinski definition) is 5. The summed E-state index contributed by atoms with van der Waals surface area (Å²) in [4.78, 5) is 4.65. The van der Waals surface area contributed by atoms with E-state index in [0.717, 1.165) is 49.2 Å². The van der Waals surface area contributed by atoms with Crippen LogP contribution in [-0.4, -0.2) is 40.9 Å². The van der Waals surface area contributed by atoms with Crippen molar-refractivity contribution in [3.8, 4) is 5.75 Å². The second-order valence-electron chi connectivity index (χ2n) is 6.96. The van der Waals surface area contributed by atoms with Crippen LogP contribution >= 0.6 is 24.0 Å². The molecule has 2 N–H and O–H groups in total. The van der Waals surface area contributed by atoms with Gasteiger partial charge in [0.05, 0.1) is 13.4 Å². The van der Waals surface area contributed by atoms with Crippen LogP contribution in [0.4, 0.5) is 0 Å². The van der Waals surface area contributed by atoms with Crippen molar-refractivity contribution < 1.29 is 9.15 Å². The van der Waals surface area contributed by atoms with Gasteiger partial charge in [0.15, 0.2) is 5.96 Å². The molecule has 0 amide bonds. The summed E-state index contributed by atoms with van der Waals surface area (Å²) in [6, 6.07) is 10.0. The molecule has 31 heavy (non-hydrogen) atoms. The van der Waals surface area contributed by atoms with Crippen molar-refractivity contribution in [1.29, 1.82) is 0 Å². The lowest BCUT2D eigenvalue weighted by Crippen LogP contribution is -2.40. The number of nitrogens with one attached hydrogen (secondary N) is 2. The largest absolute Gasteiger partial charge is 0.496 e. The summed E-state index contributed by atoms with van der Waals surface area (Å²) in [5.74, 6) is 3.45. The van der Waals surface area contributed by atoms with Crippen molar-refractivity contribution in [3.05, 3.63) is 65.6 Å². The van der Waals surface area contributed by atoms with Gasteiger partial charge in [-0.3, -0.25) is 0 Å². The Morgan fingerprint density at radius 1 is 1.23 bits per heavy atom. The van der Waals surface area contributed by atoms with Crippen molar-refractivity contribution in [3.63, 3.8) is 0 Å². The Kier molecular flexibility index (Phi) is 10.3. The molecule has 0 bridgehead atoms. The van der Waals surface area contributed by atoms with Crippen LogP contribution in [0.2, 0.25) is 0 Å². The fraction of sp³-hybridized carbons (Fsp3) is 0.409. The minimum atomic E-state index is 0. The van der Waals surface area contributed by atoms with Gasteiger partial charge in [-0.25, -0.2) is 4.99 Å². The Bertz CT molecular complexity index is 939. The number of rotatable bonds is 10. The fourth-order valence-corrected chi connectivity index (χ4v) is 3.19. The summed E-state index contributed by atoms with van der Waals surface area (Å²) < 4.78 is 12.9. The summed E-state index contributed by atoms with van der Waals surface area (Å²) in [5.41, 5.74) is 2.39. The van der Waals surface area contributed by atoms with Gasteiger partial charge < -0.3 is 24.4 Å². The lowest BCUT2D eigenvalue weighted by Gasteiger charge is -2.14. The highest BCUT2D eigenvalue weighted by atomic mass is 127. The number of aliphatic imine (C=N–C) groups is 1. The third-order valence-corrected chi connectivity index (χ3v) is 4.75. The highest BCUT2D eigenvalue weighted by molar-refractivity contribution is 14.0. The number of furan rings is 1. The molecule has 9 heteroatoms. The van der Waals surface area contributed by atoms with Crippen LogP contribution in [0, 0.1) is 6.92 Å². The molecule has 3 aromatic rings. The van der Waals surface area contributed by atoms with Gasteiger partial charge in [-0.15, -0.1) is 34.2 Å². The predicted octanol–water partition coefficient (Wildman–Crippen LogP) is 3.35. The highest BCUT2D eigenvalue weighted by Gasteiger charge is 2.06. The quantitative estimate of drug-likeness (QED) is 0.234. The summed E-state index contributed by atoms with van der Waals surface area (Å²) in [6.07, 6.45) is 5.11. The van der Waals surface area contributed by atoms with Crippen molar-refractivity contribution in [2.24, 2.45) is 4.99 Å². The zero-order chi connectivity index (χ0) is 21.2. The lowest BCUT2D eigenvalue weighted by molar-refractivity contribution is 0.409. The summed E-state index contributed by atoms with van der Waals surface area (Å²) in [5, 5.41) is 14.9. The SMILES string of the molecule is CCc1nncn1CCNC(=NCc1ccco1)NCCc1cc(C)ccc1OC.I. The first kappa shape index (κ1) is 24.7. The van der Waals surface area contributed by atoms with Crippen molar-refractivity contribution >= 4 is 29.9 Å². The molecule has 2 heterocycles. The monoisotopic (exact) mass is 538 g/mol. The molecule has 168 valence electrons. The van der Waals surface area contributed by atoms with Crippen LogP contribution in [0.1, 0.15) is 29.6 Å². The standard InChI is InChI=1S/C22H30N6O2.HI/c1-4-21-27-26-16-28(21)12-11-24-22(25-15-19-6-5-13-30-19)23-10-9-18-14-17(2)7-8-20(18)29-3;/h5-8,13-14,16H,4,9-12,15H2,1-3H3,(H2,23,24,25);1H. The second-order valence-corrected chi connectivity index (χ2v) is 6.96. The second kappa shape index (κ2) is 13.0. The minimum Gasteiger partial charge on any atom is -0.496 e. The minimum absolute atomic E-state index is 0. The highest BCUT2D eigenvalue weighted by Crippen LogP contribution is 2.19. The number of halogens is 1. The van der Waals surface area contributed by atoms with Crippen LogP contribution in [0.3, 0.4) is 0 Å². The van der Waals surface area contributed by atoms with E-state index < -0.39 is 0 Å². The number of ether oxygens (including phenoxy) is 1. The van der Waals surface area contributed by atoms with Crippen LogP contribution < -0.4 is 15.4 Å². The van der Waals surface area contributed by atoms with Gasteiger partial charge in [0, 0.05) is 26.1 Å². The van der Waals surface area contributed by atoms with E-state index >= 15 is 0 Å². The first-order chi connectivity index (χ1) is 14.7. The maximum Gasteiger partial charge on any atom is 0.191 e. The summed E-state index contributed by atoms with van der Waals surface area (Å²) in [7, 11) is 1.70. The molecule has 3 rings (SSSR count). The normalized spacial score (nSPS) is 11.1. The van der Waals surface area contributed by atoms with Crippen LogP contribution in [0.15, 0.2) is 52.3 Å². The van der Waals surface area contributed by atoms with Gasteiger partial charge in [0.2, 0.25) is 0 Å². The molecular weight excluding hydrogens is 507 g/mol. The maximum absolute atomic E-state index is 5.48. The first-order valence-corrected chi connectivity index (χ1v) is 10.2. The number of aromatic nitrogens is 3. The van der Waals surface area contributed by atoms with Gasteiger partial charge in [0.1, 0.15) is 30.2 Å². The zero-order valence-electron chi connectivity index (χ0n) is 18.3. The Hall–Kier alpha value is -2.56. The molecule has 0 fully saturated rings. The Labute approximate surface area is 200 Å². The Morgan fingerprint density at radius 3 is 2.81 bits per heavy atom. The Balaban J connectivity index is 0.00000341. The van der Waals surface area contributed by atoms with Crippen molar-refractivity contribution in [2.75, 3.05) is 20.2 Å². The van der Waals surface area contributed by atoms with Gasteiger partial charge in [0.25, 0.3) is 0 Å². The lowest BCUT2D eigenvalue weighted by atomic mass is 10.1. The molecule has 0 aliphatic heterocycles. The third-order valence-electron chi connectivity index (χ3n) is 4.75. The van der Waals surface area contributed by atoms with E-state index in [1.54, 1.807) is 19.7 Å². The number of guanidine groups is 1. The number of nitrogens with zero attached hydrogens (tertiary/aromatic N) is 4. The molecular formula is C22H31IN6O2. The molecule has 0 radical (unpaired) electrons. The number of methoxy groups -OCH3 is 1. The van der Waals surface area contributed by atoms with Crippen LogP contribution in [0.25, 0.3) is 0 Å². The van der Waals surface area contributed by atoms with E-state index in [0.29, 0.717) is 13.1 Å². The summed E-state index contributed by atoms with van der Waals surface area (Å²) in [6.45, 7) is 6.85. The number of aryl methyl sites for hydroxylation is 2. The van der Waals surface area contributed by atoms with E-state index in [2.05, 4.69) is 56.4 Å². The molecule has 0 aliphatic carbocycles. The van der Waals surface area contributed by atoms with E-state index in [1.807, 2.05) is 18.2 Å². The van der Waals surface area contributed by atoms with Crippen LogP contribution in [0.5, 0.6) is 5.75 Å².